The summed E-state index contributed by atoms with van der Waals surface area (Å²) in [5.74, 6) is 7.32. The van der Waals surface area contributed by atoms with Gasteiger partial charge in [0.05, 0.1) is 31.4 Å². The van der Waals surface area contributed by atoms with E-state index >= 15 is 0 Å². The van der Waals surface area contributed by atoms with Crippen LogP contribution in [0.5, 0.6) is 5.75 Å². The SMILES string of the molecule is COc1ccc(NC(=O)CCCNC(=O)C[C@@H]2N=C(c3ccc(Cl)cc3)c3c(sc(C)c3C)-n3c(C)nnc32)cc1C#CCN. The Morgan fingerprint density at radius 1 is 1.11 bits per heavy atom. The van der Waals surface area contributed by atoms with Crippen LogP contribution in [0.25, 0.3) is 5.00 Å². The fourth-order valence-electron chi connectivity index (χ4n) is 5.11. The molecule has 0 bridgehead atoms. The first-order valence-electron chi connectivity index (χ1n) is 14.5. The average molecular weight is 644 g/mol. The van der Waals surface area contributed by atoms with Crippen LogP contribution < -0.4 is 21.1 Å². The van der Waals surface area contributed by atoms with Crippen LogP contribution in [0.2, 0.25) is 5.02 Å². The summed E-state index contributed by atoms with van der Waals surface area (Å²) in [4.78, 5) is 32.1. The first-order chi connectivity index (χ1) is 21.7. The molecule has 1 aliphatic heterocycles. The maximum atomic E-state index is 13.2. The van der Waals surface area contributed by atoms with Crippen molar-refractivity contribution in [3.63, 3.8) is 0 Å². The maximum absolute atomic E-state index is 13.2. The van der Waals surface area contributed by atoms with E-state index in [4.69, 9.17) is 27.1 Å². The van der Waals surface area contributed by atoms with Crippen LogP contribution in [0.4, 0.5) is 5.69 Å². The lowest BCUT2D eigenvalue weighted by Gasteiger charge is -2.13. The molecule has 45 heavy (non-hydrogen) atoms. The first kappa shape index (κ1) is 31.9. The Kier molecular flexibility index (Phi) is 9.98. The third-order valence-corrected chi connectivity index (χ3v) is 8.89. The molecule has 1 aliphatic rings. The molecule has 0 aliphatic carbocycles. The van der Waals surface area contributed by atoms with Gasteiger partial charge in [-0.3, -0.25) is 19.1 Å². The number of fused-ring (bicyclic) bond motifs is 3. The second kappa shape index (κ2) is 14.1. The highest BCUT2D eigenvalue weighted by molar-refractivity contribution is 7.15. The Balaban J connectivity index is 1.26. The number of benzene rings is 2. The van der Waals surface area contributed by atoms with Crippen LogP contribution in [0, 0.1) is 32.6 Å². The minimum Gasteiger partial charge on any atom is -0.495 e. The number of aromatic nitrogens is 3. The number of nitrogens with two attached hydrogens (primary N) is 1. The van der Waals surface area contributed by atoms with Gasteiger partial charge in [0.15, 0.2) is 5.82 Å². The number of anilines is 1. The average Bonchev–Trinajstić information content (AvgIpc) is 3.50. The van der Waals surface area contributed by atoms with Crippen molar-refractivity contribution in [1.82, 2.24) is 20.1 Å². The predicted octanol–water partition coefficient (Wildman–Crippen LogP) is 5.04. The van der Waals surface area contributed by atoms with Crippen molar-refractivity contribution in [2.24, 2.45) is 10.7 Å². The van der Waals surface area contributed by atoms with Crippen molar-refractivity contribution in [3.8, 4) is 22.6 Å². The molecular weight excluding hydrogens is 610 g/mol. The van der Waals surface area contributed by atoms with E-state index in [1.807, 2.05) is 35.8 Å². The number of nitrogens with one attached hydrogen (secondary N) is 2. The summed E-state index contributed by atoms with van der Waals surface area (Å²) in [5.41, 5.74) is 10.6. The van der Waals surface area contributed by atoms with E-state index in [2.05, 4.69) is 46.5 Å². The second-order valence-corrected chi connectivity index (χ2v) is 12.2. The molecular formula is C33H34ClN7O3S. The number of carbonyl (C=O) groups excluding carboxylic acids is 2. The number of amides is 2. The Labute approximate surface area is 271 Å². The number of hydrogen-bond donors (Lipinski definition) is 3. The zero-order chi connectivity index (χ0) is 32.1. The minimum atomic E-state index is -0.564. The minimum absolute atomic E-state index is 0.0762. The second-order valence-electron chi connectivity index (χ2n) is 10.5. The number of carbonyl (C=O) groups is 2. The van der Waals surface area contributed by atoms with Crippen molar-refractivity contribution in [2.45, 2.75) is 46.1 Å². The zero-order valence-corrected chi connectivity index (χ0v) is 27.1. The lowest BCUT2D eigenvalue weighted by Crippen LogP contribution is -2.27. The number of halogens is 1. The molecule has 0 saturated carbocycles. The van der Waals surface area contributed by atoms with Crippen LogP contribution in [0.1, 0.15) is 64.1 Å². The molecule has 4 aromatic rings. The zero-order valence-electron chi connectivity index (χ0n) is 25.5. The van der Waals surface area contributed by atoms with Gasteiger partial charge in [0.2, 0.25) is 11.8 Å². The number of ether oxygens (including phenoxy) is 1. The number of nitrogens with zero attached hydrogens (tertiary/aromatic N) is 4. The molecule has 3 heterocycles. The van der Waals surface area contributed by atoms with Crippen molar-refractivity contribution >= 4 is 46.2 Å². The Morgan fingerprint density at radius 2 is 1.89 bits per heavy atom. The van der Waals surface area contributed by atoms with E-state index < -0.39 is 6.04 Å². The largest absolute Gasteiger partial charge is 0.495 e. The van der Waals surface area contributed by atoms with Gasteiger partial charge in [-0.1, -0.05) is 35.6 Å². The molecule has 0 saturated heterocycles. The third-order valence-electron chi connectivity index (χ3n) is 7.45. The molecule has 0 radical (unpaired) electrons. The third kappa shape index (κ3) is 7.09. The van der Waals surface area contributed by atoms with Crippen LogP contribution in [-0.2, 0) is 9.59 Å². The van der Waals surface area contributed by atoms with Gasteiger partial charge < -0.3 is 21.1 Å². The summed E-state index contributed by atoms with van der Waals surface area (Å²) in [6, 6.07) is 12.2. The number of aliphatic imine (C=N–C) groups is 1. The van der Waals surface area contributed by atoms with Gasteiger partial charge in [-0.25, -0.2) is 0 Å². The van der Waals surface area contributed by atoms with Gasteiger partial charge in [-0.05, 0) is 63.1 Å². The number of thiophene rings is 1. The van der Waals surface area contributed by atoms with E-state index in [1.54, 1.807) is 36.6 Å². The molecule has 0 unspecified atom stereocenters. The topological polar surface area (TPSA) is 137 Å². The first-order valence-corrected chi connectivity index (χ1v) is 15.7. The highest BCUT2D eigenvalue weighted by atomic mass is 35.5. The Hall–Kier alpha value is -4.50. The van der Waals surface area contributed by atoms with E-state index in [1.165, 1.54) is 4.88 Å². The van der Waals surface area contributed by atoms with Gasteiger partial charge in [0.1, 0.15) is 22.6 Å². The van der Waals surface area contributed by atoms with E-state index in [0.717, 1.165) is 33.2 Å². The standard InChI is InChI=1S/C33H34ClN7O3S/c1-19-20(2)45-33-30(19)31(22-9-11-24(34)12-10-22)38-26(32-40-39-21(3)41(32)33)18-29(43)36-16-6-8-28(42)37-25-13-14-27(44-4)23(17-25)7-5-15-35/h9-14,17,26H,6,8,15-16,18,35H2,1-4H3,(H,36,43)(H,37,42)/t26-/m0/s1. The molecule has 5 rings (SSSR count). The van der Waals surface area contributed by atoms with E-state index in [9.17, 15) is 9.59 Å². The van der Waals surface area contributed by atoms with Crippen LogP contribution in [0.3, 0.4) is 0 Å². The summed E-state index contributed by atoms with van der Waals surface area (Å²) < 4.78 is 7.34. The van der Waals surface area contributed by atoms with Crippen molar-refractivity contribution in [3.05, 3.63) is 86.3 Å². The fourth-order valence-corrected chi connectivity index (χ4v) is 6.45. The molecule has 0 spiro atoms. The van der Waals surface area contributed by atoms with E-state index in [-0.39, 0.29) is 31.2 Å². The monoisotopic (exact) mass is 643 g/mol. The van der Waals surface area contributed by atoms with Crippen LogP contribution in [-0.4, -0.2) is 52.5 Å². The number of aryl methyl sites for hydroxylation is 2. The Morgan fingerprint density at radius 3 is 2.62 bits per heavy atom. The summed E-state index contributed by atoms with van der Waals surface area (Å²) in [6.07, 6.45) is 0.764. The molecule has 2 amide bonds. The van der Waals surface area contributed by atoms with Gasteiger partial charge in [0.25, 0.3) is 0 Å². The molecule has 1 atom stereocenters. The van der Waals surface area contributed by atoms with Gasteiger partial charge in [-0.2, -0.15) is 0 Å². The highest BCUT2D eigenvalue weighted by Crippen LogP contribution is 2.39. The van der Waals surface area contributed by atoms with Gasteiger partial charge in [0, 0.05) is 39.7 Å². The maximum Gasteiger partial charge on any atom is 0.224 e. The number of methoxy groups -OCH3 is 1. The predicted molar refractivity (Wildman–Crippen MR) is 178 cm³/mol. The van der Waals surface area contributed by atoms with Crippen molar-refractivity contribution < 1.29 is 14.3 Å². The van der Waals surface area contributed by atoms with Crippen LogP contribution >= 0.6 is 22.9 Å². The summed E-state index contributed by atoms with van der Waals surface area (Å²) in [5, 5.41) is 16.2. The summed E-state index contributed by atoms with van der Waals surface area (Å²) in [7, 11) is 1.56. The quantitative estimate of drug-likeness (QED) is 0.173. The summed E-state index contributed by atoms with van der Waals surface area (Å²) in [6.45, 7) is 6.63. The van der Waals surface area contributed by atoms with Gasteiger partial charge >= 0.3 is 0 Å². The number of hydrogen-bond acceptors (Lipinski definition) is 8. The summed E-state index contributed by atoms with van der Waals surface area (Å²) >= 11 is 7.86. The molecule has 4 N–H and O–H groups in total. The fraction of sp³-hybridized carbons (Fsp3) is 0.303. The number of rotatable bonds is 9. The van der Waals surface area contributed by atoms with Crippen molar-refractivity contribution in [2.75, 3.05) is 25.5 Å². The Bertz CT molecular complexity index is 1830. The molecule has 0 fully saturated rings. The molecule has 10 nitrogen and oxygen atoms in total. The van der Waals surface area contributed by atoms with E-state index in [0.29, 0.717) is 40.8 Å². The highest BCUT2D eigenvalue weighted by Gasteiger charge is 2.32. The van der Waals surface area contributed by atoms with Crippen molar-refractivity contribution in [1.29, 1.82) is 0 Å². The van der Waals surface area contributed by atoms with Crippen LogP contribution in [0.15, 0.2) is 47.5 Å². The molecule has 2 aromatic carbocycles. The smallest absolute Gasteiger partial charge is 0.224 e. The molecule has 232 valence electrons. The molecule has 2 aromatic heterocycles. The lowest BCUT2D eigenvalue weighted by atomic mass is 9.99. The lowest BCUT2D eigenvalue weighted by molar-refractivity contribution is -0.122. The molecule has 12 heteroatoms. The normalized spacial score (nSPS) is 13.5. The van der Waals surface area contributed by atoms with Gasteiger partial charge in [-0.15, -0.1) is 21.5 Å².